The Morgan fingerprint density at radius 2 is 1.85 bits per heavy atom. The molecule has 0 atom stereocenters. The smallest absolute Gasteiger partial charge is 0.0516 e. The van der Waals surface area contributed by atoms with Gasteiger partial charge in [0.25, 0.3) is 0 Å². The molecule has 1 saturated carbocycles. The van der Waals surface area contributed by atoms with Gasteiger partial charge in [-0.3, -0.25) is 5.32 Å². The molecule has 0 saturated heterocycles. The molecular formula is C12H12N. The first-order valence-corrected chi connectivity index (χ1v) is 4.88. The van der Waals surface area contributed by atoms with Gasteiger partial charge in [-0.15, -0.1) is 0 Å². The van der Waals surface area contributed by atoms with Crippen LogP contribution in [0.25, 0.3) is 11.4 Å². The highest BCUT2D eigenvalue weighted by molar-refractivity contribution is 5.64. The summed E-state index contributed by atoms with van der Waals surface area (Å²) < 4.78 is 0. The summed E-state index contributed by atoms with van der Waals surface area (Å²) >= 11 is 0. The van der Waals surface area contributed by atoms with Crippen LogP contribution in [0.5, 0.6) is 0 Å². The predicted molar refractivity (Wildman–Crippen MR) is 53.0 cm³/mol. The van der Waals surface area contributed by atoms with Crippen LogP contribution in [0.3, 0.4) is 0 Å². The Morgan fingerprint density at radius 1 is 1.15 bits per heavy atom. The number of hydrogen-bond acceptors (Lipinski definition) is 0. The lowest BCUT2D eigenvalue weighted by Crippen LogP contribution is -2.23. The van der Waals surface area contributed by atoms with E-state index in [4.69, 9.17) is 0 Å². The third-order valence-corrected chi connectivity index (χ3v) is 2.85. The Bertz CT molecular complexity index is 466. The van der Waals surface area contributed by atoms with Crippen molar-refractivity contribution >= 4 is 11.4 Å². The van der Waals surface area contributed by atoms with E-state index in [9.17, 15) is 0 Å². The third-order valence-electron chi connectivity index (χ3n) is 2.85. The average molecular weight is 170 g/mol. The molecule has 1 heterocycles. The fourth-order valence-electron chi connectivity index (χ4n) is 1.99. The van der Waals surface area contributed by atoms with Crippen molar-refractivity contribution in [1.82, 2.24) is 5.32 Å². The zero-order valence-corrected chi connectivity index (χ0v) is 7.75. The molecule has 2 aliphatic rings. The predicted octanol–water partition coefficient (Wildman–Crippen LogP) is 0.951. The maximum absolute atomic E-state index is 4.65. The molecule has 0 bridgehead atoms. The molecule has 1 heteroatoms. The second kappa shape index (κ2) is 2.38. The van der Waals surface area contributed by atoms with Crippen molar-refractivity contribution in [3.8, 4) is 0 Å². The van der Waals surface area contributed by atoms with E-state index in [1.165, 1.54) is 34.7 Å². The van der Waals surface area contributed by atoms with Crippen molar-refractivity contribution in [2.75, 3.05) is 0 Å². The molecular weight excluding hydrogens is 158 g/mol. The van der Waals surface area contributed by atoms with Crippen molar-refractivity contribution in [2.45, 2.75) is 19.8 Å². The highest BCUT2D eigenvalue weighted by Gasteiger charge is 2.29. The van der Waals surface area contributed by atoms with Crippen LogP contribution in [0.2, 0.25) is 0 Å². The summed E-state index contributed by atoms with van der Waals surface area (Å²) in [5.41, 5.74) is 2.53. The summed E-state index contributed by atoms with van der Waals surface area (Å²) in [7, 11) is 0. The van der Waals surface area contributed by atoms with Gasteiger partial charge in [-0.05, 0) is 19.8 Å². The van der Waals surface area contributed by atoms with E-state index in [1.807, 2.05) is 0 Å². The van der Waals surface area contributed by atoms with Gasteiger partial charge in [0.2, 0.25) is 0 Å². The van der Waals surface area contributed by atoms with Gasteiger partial charge in [-0.1, -0.05) is 24.3 Å². The lowest BCUT2D eigenvalue weighted by Gasteiger charge is -1.98. The third kappa shape index (κ3) is 0.998. The Balaban J connectivity index is 2.35. The van der Waals surface area contributed by atoms with Crippen LogP contribution >= 0.6 is 0 Å². The molecule has 1 nitrogen and oxygen atoms in total. The topological polar surface area (TPSA) is 14.1 Å². The highest BCUT2D eigenvalue weighted by Crippen LogP contribution is 2.36. The zero-order chi connectivity index (χ0) is 8.84. The van der Waals surface area contributed by atoms with Crippen LogP contribution in [0.1, 0.15) is 19.8 Å². The molecule has 0 spiro atoms. The van der Waals surface area contributed by atoms with Gasteiger partial charge in [0, 0.05) is 22.1 Å². The van der Waals surface area contributed by atoms with E-state index in [0.29, 0.717) is 0 Å². The number of nitrogens with zero attached hydrogens (tertiary/aromatic N) is 1. The van der Waals surface area contributed by atoms with E-state index < -0.39 is 0 Å². The monoisotopic (exact) mass is 170 g/mol. The van der Waals surface area contributed by atoms with Gasteiger partial charge in [0.05, 0.1) is 5.70 Å². The summed E-state index contributed by atoms with van der Waals surface area (Å²) in [4.78, 5) is 0. The van der Waals surface area contributed by atoms with E-state index in [0.717, 1.165) is 5.92 Å². The van der Waals surface area contributed by atoms with Crippen LogP contribution in [-0.2, 0) is 0 Å². The minimum atomic E-state index is 0.763. The maximum Gasteiger partial charge on any atom is 0.0516 e. The molecule has 0 N–H and O–H groups in total. The van der Waals surface area contributed by atoms with E-state index >= 15 is 0 Å². The second-order valence-electron chi connectivity index (χ2n) is 3.90. The van der Waals surface area contributed by atoms with Gasteiger partial charge in [0.1, 0.15) is 0 Å². The first-order valence-electron chi connectivity index (χ1n) is 4.88. The Hall–Kier alpha value is -1.24. The van der Waals surface area contributed by atoms with Gasteiger partial charge in [0.15, 0.2) is 0 Å². The number of fused-ring (bicyclic) bond motifs is 1. The van der Waals surface area contributed by atoms with E-state index in [2.05, 4.69) is 36.5 Å². The van der Waals surface area contributed by atoms with Crippen LogP contribution in [0, 0.1) is 5.92 Å². The molecule has 1 aromatic carbocycles. The molecule has 0 amide bonds. The van der Waals surface area contributed by atoms with Crippen molar-refractivity contribution in [2.24, 2.45) is 5.92 Å². The Kier molecular flexibility index (Phi) is 1.32. The van der Waals surface area contributed by atoms with Gasteiger partial charge >= 0.3 is 0 Å². The second-order valence-corrected chi connectivity index (χ2v) is 3.90. The standard InChI is InChI=1S/C12H12N/c1-8-10-4-2-3-5-11(10)12(13-8)9-6-7-9/h2-5,9H,6-7H2,1H3. The molecule has 1 radical (unpaired) electrons. The molecule has 65 valence electrons. The number of hydrogen-bond donors (Lipinski definition) is 0. The Labute approximate surface area is 77.8 Å². The minimum absolute atomic E-state index is 0.763. The lowest BCUT2D eigenvalue weighted by atomic mass is 10.2. The van der Waals surface area contributed by atoms with E-state index in [1.54, 1.807) is 0 Å². The van der Waals surface area contributed by atoms with Crippen molar-refractivity contribution in [3.63, 3.8) is 0 Å². The fraction of sp³-hybridized carbons (Fsp3) is 0.333. The van der Waals surface area contributed by atoms with Crippen LogP contribution in [0.4, 0.5) is 0 Å². The summed E-state index contributed by atoms with van der Waals surface area (Å²) in [6.07, 6.45) is 2.67. The quantitative estimate of drug-likeness (QED) is 0.596. The first kappa shape index (κ1) is 7.19. The summed E-state index contributed by atoms with van der Waals surface area (Å²) in [6.45, 7) is 2.11. The number of rotatable bonds is 1. The highest BCUT2D eigenvalue weighted by atomic mass is 14.9. The fourth-order valence-corrected chi connectivity index (χ4v) is 1.99. The average Bonchev–Trinajstić information content (AvgIpc) is 2.94. The minimum Gasteiger partial charge on any atom is -0.257 e. The largest absolute Gasteiger partial charge is 0.257 e. The van der Waals surface area contributed by atoms with Gasteiger partial charge in [-0.2, -0.15) is 0 Å². The molecule has 1 aliphatic carbocycles. The molecule has 1 aromatic rings. The molecule has 13 heavy (non-hydrogen) atoms. The molecule has 1 aliphatic heterocycles. The number of benzene rings is 1. The van der Waals surface area contributed by atoms with Gasteiger partial charge in [-0.25, -0.2) is 0 Å². The SMILES string of the molecule is CC1=c2ccccc2=C(C2CC2)[N]1. The molecule has 1 fully saturated rings. The Morgan fingerprint density at radius 3 is 2.54 bits per heavy atom. The van der Waals surface area contributed by atoms with Gasteiger partial charge < -0.3 is 0 Å². The van der Waals surface area contributed by atoms with Crippen LogP contribution in [-0.4, -0.2) is 0 Å². The van der Waals surface area contributed by atoms with Crippen molar-refractivity contribution in [1.29, 1.82) is 0 Å². The normalized spacial score (nSPS) is 20.1. The first-order chi connectivity index (χ1) is 6.36. The van der Waals surface area contributed by atoms with E-state index in [-0.39, 0.29) is 0 Å². The zero-order valence-electron chi connectivity index (χ0n) is 7.75. The van der Waals surface area contributed by atoms with Crippen molar-refractivity contribution < 1.29 is 0 Å². The van der Waals surface area contributed by atoms with Crippen LogP contribution in [0.15, 0.2) is 24.3 Å². The summed E-state index contributed by atoms with van der Waals surface area (Å²) in [5, 5.41) is 7.37. The summed E-state index contributed by atoms with van der Waals surface area (Å²) in [6, 6.07) is 8.57. The summed E-state index contributed by atoms with van der Waals surface area (Å²) in [5.74, 6) is 0.763. The molecule has 0 unspecified atom stereocenters. The molecule has 0 aromatic heterocycles. The molecule has 3 rings (SSSR count). The maximum atomic E-state index is 4.65. The van der Waals surface area contributed by atoms with Crippen LogP contribution < -0.4 is 15.8 Å². The van der Waals surface area contributed by atoms with Crippen molar-refractivity contribution in [3.05, 3.63) is 34.7 Å². The lowest BCUT2D eigenvalue weighted by molar-refractivity contribution is 1.02.